The van der Waals surface area contributed by atoms with E-state index in [-0.39, 0.29) is 0 Å². The number of hydrogen-bond donors (Lipinski definition) is 1. The first-order chi connectivity index (χ1) is 10.3. The van der Waals surface area contributed by atoms with Crippen LogP contribution in [-0.4, -0.2) is 30.6 Å². The van der Waals surface area contributed by atoms with Gasteiger partial charge in [0.05, 0.1) is 0 Å². The van der Waals surface area contributed by atoms with E-state index in [0.29, 0.717) is 0 Å². The third kappa shape index (κ3) is 5.90. The highest BCUT2D eigenvalue weighted by molar-refractivity contribution is 4.83. The first-order valence-electron chi connectivity index (χ1n) is 9.75. The van der Waals surface area contributed by atoms with Gasteiger partial charge in [-0.1, -0.05) is 64.7 Å². The second-order valence-corrected chi connectivity index (χ2v) is 7.67. The molecule has 0 amide bonds. The van der Waals surface area contributed by atoms with Gasteiger partial charge in [-0.2, -0.15) is 0 Å². The molecule has 124 valence electrons. The Morgan fingerprint density at radius 1 is 0.810 bits per heavy atom. The van der Waals surface area contributed by atoms with Crippen molar-refractivity contribution in [2.24, 2.45) is 17.6 Å². The summed E-state index contributed by atoms with van der Waals surface area (Å²) in [7, 11) is 0. The summed E-state index contributed by atoms with van der Waals surface area (Å²) in [4.78, 5) is 2.81. The molecule has 1 aliphatic carbocycles. The van der Waals surface area contributed by atoms with Crippen molar-refractivity contribution in [1.29, 1.82) is 0 Å². The van der Waals surface area contributed by atoms with E-state index in [4.69, 9.17) is 5.73 Å². The Morgan fingerprint density at radius 2 is 1.33 bits per heavy atom. The van der Waals surface area contributed by atoms with Gasteiger partial charge in [0.2, 0.25) is 0 Å². The molecular weight excluding hydrogens is 256 g/mol. The van der Waals surface area contributed by atoms with Crippen molar-refractivity contribution in [2.75, 3.05) is 19.6 Å². The van der Waals surface area contributed by atoms with E-state index in [0.717, 1.165) is 24.4 Å². The minimum Gasteiger partial charge on any atom is -0.330 e. The van der Waals surface area contributed by atoms with Crippen LogP contribution in [0.25, 0.3) is 0 Å². The standard InChI is InChI=1S/C19H38N2/c1-17-13-14-21(16-18(17)15-20)19-11-9-7-5-3-2-4-6-8-10-12-19/h17-19H,2-16,20H2,1H3. The molecule has 2 N–H and O–H groups in total. The van der Waals surface area contributed by atoms with Crippen LogP contribution in [0.3, 0.4) is 0 Å². The first kappa shape index (κ1) is 17.3. The average molecular weight is 295 g/mol. The van der Waals surface area contributed by atoms with E-state index in [1.165, 1.54) is 90.1 Å². The number of nitrogens with two attached hydrogens (primary N) is 1. The Labute approximate surface area is 132 Å². The van der Waals surface area contributed by atoms with Crippen LogP contribution in [0.5, 0.6) is 0 Å². The number of nitrogens with zero attached hydrogens (tertiary/aromatic N) is 1. The molecule has 2 atom stereocenters. The summed E-state index contributed by atoms with van der Waals surface area (Å²) >= 11 is 0. The average Bonchev–Trinajstić information content (AvgIpc) is 2.49. The molecule has 1 aliphatic heterocycles. The molecule has 1 heterocycles. The first-order valence-corrected chi connectivity index (χ1v) is 9.75. The monoisotopic (exact) mass is 294 g/mol. The lowest BCUT2D eigenvalue weighted by Crippen LogP contribution is -2.47. The van der Waals surface area contributed by atoms with Crippen molar-refractivity contribution >= 4 is 0 Å². The van der Waals surface area contributed by atoms with Crippen LogP contribution in [-0.2, 0) is 0 Å². The summed E-state index contributed by atoms with van der Waals surface area (Å²) in [5.74, 6) is 1.57. The minimum atomic E-state index is 0.736. The van der Waals surface area contributed by atoms with E-state index in [1.807, 2.05) is 0 Å². The van der Waals surface area contributed by atoms with Crippen LogP contribution in [0.1, 0.15) is 84.0 Å². The molecule has 2 fully saturated rings. The van der Waals surface area contributed by atoms with Gasteiger partial charge in [-0.15, -0.1) is 0 Å². The van der Waals surface area contributed by atoms with Crippen LogP contribution >= 0.6 is 0 Å². The molecule has 0 radical (unpaired) electrons. The highest BCUT2D eigenvalue weighted by Crippen LogP contribution is 2.28. The largest absolute Gasteiger partial charge is 0.330 e. The van der Waals surface area contributed by atoms with Gasteiger partial charge in [-0.3, -0.25) is 0 Å². The van der Waals surface area contributed by atoms with Gasteiger partial charge in [0, 0.05) is 12.6 Å². The highest BCUT2D eigenvalue weighted by Gasteiger charge is 2.28. The summed E-state index contributed by atoms with van der Waals surface area (Å²) in [5.41, 5.74) is 6.00. The van der Waals surface area contributed by atoms with Crippen molar-refractivity contribution in [3.63, 3.8) is 0 Å². The summed E-state index contributed by atoms with van der Waals surface area (Å²) in [6.07, 6.45) is 17.4. The van der Waals surface area contributed by atoms with Gasteiger partial charge in [0.15, 0.2) is 0 Å². The maximum Gasteiger partial charge on any atom is 0.00953 e. The number of rotatable bonds is 2. The molecule has 2 aliphatic rings. The third-order valence-electron chi connectivity index (χ3n) is 6.04. The van der Waals surface area contributed by atoms with Gasteiger partial charge in [0.1, 0.15) is 0 Å². The topological polar surface area (TPSA) is 29.3 Å². The van der Waals surface area contributed by atoms with Crippen molar-refractivity contribution < 1.29 is 0 Å². The van der Waals surface area contributed by atoms with Gasteiger partial charge in [-0.05, 0) is 44.2 Å². The van der Waals surface area contributed by atoms with Crippen molar-refractivity contribution in [2.45, 2.75) is 90.0 Å². The van der Waals surface area contributed by atoms with Crippen LogP contribution < -0.4 is 5.73 Å². The van der Waals surface area contributed by atoms with E-state index in [1.54, 1.807) is 0 Å². The third-order valence-corrected chi connectivity index (χ3v) is 6.04. The summed E-state index contributed by atoms with van der Waals surface area (Å²) in [6, 6.07) is 0.853. The highest BCUT2D eigenvalue weighted by atomic mass is 15.2. The van der Waals surface area contributed by atoms with Crippen LogP contribution in [0, 0.1) is 11.8 Å². The molecule has 0 spiro atoms. The second-order valence-electron chi connectivity index (χ2n) is 7.67. The Morgan fingerprint density at radius 3 is 1.86 bits per heavy atom. The smallest absolute Gasteiger partial charge is 0.00953 e. The number of likely N-dealkylation sites (tertiary alicyclic amines) is 1. The van der Waals surface area contributed by atoms with Crippen LogP contribution in [0.15, 0.2) is 0 Å². The lowest BCUT2D eigenvalue weighted by atomic mass is 9.85. The van der Waals surface area contributed by atoms with E-state index in [9.17, 15) is 0 Å². The quantitative estimate of drug-likeness (QED) is 0.808. The molecule has 1 saturated carbocycles. The van der Waals surface area contributed by atoms with Crippen LogP contribution in [0.2, 0.25) is 0 Å². The lowest BCUT2D eigenvalue weighted by molar-refractivity contribution is 0.0797. The molecular formula is C19H38N2. The maximum atomic E-state index is 6.00. The van der Waals surface area contributed by atoms with Crippen molar-refractivity contribution in [3.8, 4) is 0 Å². The predicted molar refractivity (Wildman–Crippen MR) is 92.5 cm³/mol. The summed E-state index contributed by atoms with van der Waals surface area (Å²) in [5, 5.41) is 0. The normalized spacial score (nSPS) is 32.3. The molecule has 0 aromatic heterocycles. The molecule has 2 nitrogen and oxygen atoms in total. The molecule has 0 bridgehead atoms. The maximum absolute atomic E-state index is 6.00. The summed E-state index contributed by atoms with van der Waals surface area (Å²) in [6.45, 7) is 5.87. The Kier molecular flexibility index (Phi) is 8.10. The van der Waals surface area contributed by atoms with E-state index in [2.05, 4.69) is 11.8 Å². The Balaban J connectivity index is 1.84. The fraction of sp³-hybridized carbons (Fsp3) is 1.00. The molecule has 2 heteroatoms. The van der Waals surface area contributed by atoms with Gasteiger partial charge >= 0.3 is 0 Å². The number of hydrogen-bond acceptors (Lipinski definition) is 2. The van der Waals surface area contributed by atoms with Gasteiger partial charge in [-0.25, -0.2) is 0 Å². The van der Waals surface area contributed by atoms with E-state index < -0.39 is 0 Å². The fourth-order valence-electron chi connectivity index (χ4n) is 4.32. The zero-order valence-corrected chi connectivity index (χ0v) is 14.4. The number of piperidine rings is 1. The fourth-order valence-corrected chi connectivity index (χ4v) is 4.32. The predicted octanol–water partition coefficient (Wildman–Crippen LogP) is 4.58. The molecule has 2 unspecified atom stereocenters. The minimum absolute atomic E-state index is 0.736. The lowest BCUT2D eigenvalue weighted by Gasteiger charge is -2.41. The zero-order valence-electron chi connectivity index (χ0n) is 14.4. The molecule has 0 aromatic carbocycles. The summed E-state index contributed by atoms with van der Waals surface area (Å²) < 4.78 is 0. The van der Waals surface area contributed by atoms with Gasteiger partial charge < -0.3 is 10.6 Å². The Hall–Kier alpha value is -0.0800. The van der Waals surface area contributed by atoms with Gasteiger partial charge in [0.25, 0.3) is 0 Å². The van der Waals surface area contributed by atoms with Crippen LogP contribution in [0.4, 0.5) is 0 Å². The molecule has 1 saturated heterocycles. The van der Waals surface area contributed by atoms with Crippen molar-refractivity contribution in [1.82, 2.24) is 4.90 Å². The second kappa shape index (κ2) is 9.84. The molecule has 21 heavy (non-hydrogen) atoms. The zero-order chi connectivity index (χ0) is 14.9. The van der Waals surface area contributed by atoms with E-state index >= 15 is 0 Å². The Bertz CT molecular complexity index is 254. The SMILES string of the molecule is CC1CCN(C2CCCCCCCCCCC2)CC1CN. The molecule has 0 aromatic rings. The van der Waals surface area contributed by atoms with Crippen molar-refractivity contribution in [3.05, 3.63) is 0 Å². The molecule has 2 rings (SSSR count).